The molecule has 2 aliphatic rings. The Balaban J connectivity index is 1.20. The molecular weight excluding hydrogens is 530 g/mol. The molecule has 1 saturated heterocycles. The Labute approximate surface area is 208 Å². The fraction of sp³-hybridized carbons (Fsp3) is 0.318. The number of nitrogens with one attached hydrogen (secondary N) is 2. The van der Waals surface area contributed by atoms with Crippen molar-refractivity contribution in [1.82, 2.24) is 9.88 Å². The summed E-state index contributed by atoms with van der Waals surface area (Å²) in [5.41, 5.74) is 0.412. The van der Waals surface area contributed by atoms with Crippen LogP contribution in [0.3, 0.4) is 0 Å². The van der Waals surface area contributed by atoms with E-state index in [2.05, 4.69) is 9.71 Å². The molecule has 35 heavy (non-hydrogen) atoms. The predicted octanol–water partition coefficient (Wildman–Crippen LogP) is 5.21. The lowest BCUT2D eigenvalue weighted by Gasteiger charge is -2.58. The number of anilines is 1. The Bertz CT molecular complexity index is 1410. The van der Waals surface area contributed by atoms with Crippen LogP contribution in [0.25, 0.3) is 10.9 Å². The molecule has 1 amide bonds. The molecule has 2 heterocycles. The van der Waals surface area contributed by atoms with Crippen molar-refractivity contribution in [3.05, 3.63) is 52.6 Å². The first-order chi connectivity index (χ1) is 16.4. The molecule has 5 rings (SSSR count). The zero-order chi connectivity index (χ0) is 25.2. The second-order valence-electron chi connectivity index (χ2n) is 8.87. The van der Waals surface area contributed by atoms with E-state index in [1.807, 2.05) is 0 Å². The van der Waals surface area contributed by atoms with Gasteiger partial charge >= 0.3 is 12.1 Å². The van der Waals surface area contributed by atoms with Gasteiger partial charge in [0.25, 0.3) is 10.0 Å². The van der Waals surface area contributed by atoms with E-state index in [0.717, 1.165) is 4.90 Å². The van der Waals surface area contributed by atoms with Crippen LogP contribution in [-0.2, 0) is 14.8 Å². The average Bonchev–Trinajstić information content (AvgIpc) is 3.13. The number of aromatic nitrogens is 1. The second-order valence-corrected chi connectivity index (χ2v) is 11.4. The molecule has 3 aromatic rings. The van der Waals surface area contributed by atoms with Gasteiger partial charge in [-0.3, -0.25) is 9.52 Å². The molecule has 0 bridgehead atoms. The summed E-state index contributed by atoms with van der Waals surface area (Å²) in [4.78, 5) is 15.0. The molecule has 186 valence electrons. The van der Waals surface area contributed by atoms with Crippen molar-refractivity contribution in [2.24, 2.45) is 5.41 Å². The number of ether oxygens (including phenoxy) is 1. The molecule has 0 atom stereocenters. The van der Waals surface area contributed by atoms with Crippen molar-refractivity contribution in [2.75, 3.05) is 17.8 Å². The SMILES string of the molecule is O=C(N1CC2(CC(Oc3ccc(S(=O)(=O)Nc4ccc(Cl)c5c(Cl)c[nH]c45)cc3)C2)C1)C(F)(F)F. The third-order valence-corrected chi connectivity index (χ3v) is 8.32. The van der Waals surface area contributed by atoms with Crippen molar-refractivity contribution < 1.29 is 31.1 Å². The number of likely N-dealkylation sites (tertiary alicyclic amines) is 1. The Kier molecular flexibility index (Phi) is 5.65. The lowest BCUT2D eigenvalue weighted by Crippen LogP contribution is -2.67. The third-order valence-electron chi connectivity index (χ3n) is 6.32. The largest absolute Gasteiger partial charge is 0.490 e. The minimum Gasteiger partial charge on any atom is -0.490 e. The summed E-state index contributed by atoms with van der Waals surface area (Å²) in [5, 5.41) is 1.26. The highest BCUT2D eigenvalue weighted by Crippen LogP contribution is 2.50. The van der Waals surface area contributed by atoms with Crippen molar-refractivity contribution >= 4 is 55.7 Å². The van der Waals surface area contributed by atoms with Crippen molar-refractivity contribution in [2.45, 2.75) is 30.0 Å². The fourth-order valence-electron chi connectivity index (χ4n) is 4.68. The van der Waals surface area contributed by atoms with E-state index < -0.39 is 22.1 Å². The van der Waals surface area contributed by atoms with Gasteiger partial charge < -0.3 is 14.6 Å². The zero-order valence-electron chi connectivity index (χ0n) is 17.8. The molecule has 1 aliphatic carbocycles. The van der Waals surface area contributed by atoms with Crippen molar-refractivity contribution in [3.63, 3.8) is 0 Å². The number of amides is 1. The van der Waals surface area contributed by atoms with Gasteiger partial charge in [0, 0.05) is 30.1 Å². The summed E-state index contributed by atoms with van der Waals surface area (Å²) in [5.74, 6) is -1.37. The Morgan fingerprint density at radius 2 is 1.74 bits per heavy atom. The van der Waals surface area contributed by atoms with E-state index in [-0.39, 0.29) is 35.2 Å². The standard InChI is InChI=1S/C22H18Cl2F3N3O4S/c23-15-5-6-17(19-18(15)16(24)9-28-19)29-35(32,33)14-3-1-12(2-4-14)34-13-7-21(8-13)10-30(11-21)20(31)22(25,26)27/h1-6,9,13,28-29H,7-8,10-11H2. The third kappa shape index (κ3) is 4.41. The Hall–Kier alpha value is -2.63. The number of carbonyl (C=O) groups is 1. The number of hydrogen-bond donors (Lipinski definition) is 2. The number of fused-ring (bicyclic) bond motifs is 1. The lowest BCUT2D eigenvalue weighted by molar-refractivity contribution is -0.205. The van der Waals surface area contributed by atoms with Crippen LogP contribution in [0.5, 0.6) is 5.75 Å². The van der Waals surface area contributed by atoms with Crippen molar-refractivity contribution in [3.8, 4) is 5.75 Å². The van der Waals surface area contributed by atoms with E-state index in [1.165, 1.54) is 36.5 Å². The highest BCUT2D eigenvalue weighted by atomic mass is 35.5. The van der Waals surface area contributed by atoms with Gasteiger partial charge in [-0.1, -0.05) is 23.2 Å². The van der Waals surface area contributed by atoms with Gasteiger partial charge in [0.15, 0.2) is 0 Å². The van der Waals surface area contributed by atoms with Crippen LogP contribution >= 0.6 is 23.2 Å². The van der Waals surface area contributed by atoms with Crippen molar-refractivity contribution in [1.29, 1.82) is 0 Å². The summed E-state index contributed by atoms with van der Waals surface area (Å²) in [7, 11) is -3.93. The number of aromatic amines is 1. The molecule has 1 spiro atoms. The van der Waals surface area contributed by atoms with Gasteiger partial charge in [-0.25, -0.2) is 8.42 Å². The second kappa shape index (κ2) is 8.21. The summed E-state index contributed by atoms with van der Waals surface area (Å²) in [6.45, 7) is 0.135. The normalized spacial score (nSPS) is 17.8. The van der Waals surface area contributed by atoms with E-state index in [1.54, 1.807) is 6.07 Å². The highest BCUT2D eigenvalue weighted by molar-refractivity contribution is 7.92. The van der Waals surface area contributed by atoms with Crippen LogP contribution in [0.4, 0.5) is 18.9 Å². The number of rotatable bonds is 5. The van der Waals surface area contributed by atoms with Crippen LogP contribution in [0.15, 0.2) is 47.5 Å². The molecule has 2 fully saturated rings. The molecule has 7 nitrogen and oxygen atoms in total. The highest BCUT2D eigenvalue weighted by Gasteiger charge is 2.58. The van der Waals surface area contributed by atoms with Gasteiger partial charge in [0.1, 0.15) is 11.9 Å². The molecular formula is C22H18Cl2F3N3O4S. The number of hydrogen-bond acceptors (Lipinski definition) is 4. The minimum atomic E-state index is -4.85. The molecule has 2 N–H and O–H groups in total. The van der Waals surface area contributed by atoms with E-state index >= 15 is 0 Å². The fourth-order valence-corrected chi connectivity index (χ4v) is 6.31. The topological polar surface area (TPSA) is 91.5 Å². The molecule has 1 saturated carbocycles. The Morgan fingerprint density at radius 3 is 2.37 bits per heavy atom. The maximum Gasteiger partial charge on any atom is 0.471 e. The zero-order valence-corrected chi connectivity index (χ0v) is 20.2. The number of carbonyl (C=O) groups excluding carboxylic acids is 1. The van der Waals surface area contributed by atoms with Crippen LogP contribution in [0.2, 0.25) is 10.0 Å². The van der Waals surface area contributed by atoms with Crippen LogP contribution in [0, 0.1) is 5.41 Å². The summed E-state index contributed by atoms with van der Waals surface area (Å²) < 4.78 is 71.6. The number of sulfonamides is 1. The molecule has 1 aliphatic heterocycles. The van der Waals surface area contributed by atoms with Crippen LogP contribution in [0.1, 0.15) is 12.8 Å². The van der Waals surface area contributed by atoms with E-state index in [0.29, 0.717) is 39.5 Å². The molecule has 0 radical (unpaired) electrons. The number of benzene rings is 2. The maximum atomic E-state index is 12.9. The Morgan fingerprint density at radius 1 is 1.09 bits per heavy atom. The predicted molar refractivity (Wildman–Crippen MR) is 124 cm³/mol. The van der Waals surface area contributed by atoms with Gasteiger partial charge in [0.2, 0.25) is 0 Å². The van der Waals surface area contributed by atoms with Gasteiger partial charge in [0.05, 0.1) is 26.1 Å². The van der Waals surface area contributed by atoms with Gasteiger partial charge in [-0.2, -0.15) is 13.2 Å². The smallest absolute Gasteiger partial charge is 0.471 e. The quantitative estimate of drug-likeness (QED) is 0.458. The van der Waals surface area contributed by atoms with E-state index in [4.69, 9.17) is 27.9 Å². The van der Waals surface area contributed by atoms with Gasteiger partial charge in [-0.15, -0.1) is 0 Å². The lowest BCUT2D eigenvalue weighted by atomic mass is 9.61. The number of alkyl halides is 3. The first-order valence-corrected chi connectivity index (χ1v) is 12.7. The first-order valence-electron chi connectivity index (χ1n) is 10.5. The number of H-pyrrole nitrogens is 1. The van der Waals surface area contributed by atoms with Crippen LogP contribution in [-0.4, -0.2) is 49.6 Å². The molecule has 13 heteroatoms. The number of halogens is 5. The van der Waals surface area contributed by atoms with Crippen LogP contribution < -0.4 is 9.46 Å². The number of nitrogens with zero attached hydrogens (tertiary/aromatic N) is 1. The summed E-state index contributed by atoms with van der Waals surface area (Å²) in [6, 6.07) is 8.90. The average molecular weight is 548 g/mol. The monoisotopic (exact) mass is 547 g/mol. The molecule has 0 unspecified atom stereocenters. The summed E-state index contributed by atoms with van der Waals surface area (Å²) in [6.07, 6.45) is -2.49. The minimum absolute atomic E-state index is 0.0102. The van der Waals surface area contributed by atoms with Gasteiger partial charge in [-0.05, 0) is 49.2 Å². The first kappa shape index (κ1) is 24.1. The molecule has 1 aromatic heterocycles. The molecule has 2 aromatic carbocycles. The summed E-state index contributed by atoms with van der Waals surface area (Å²) >= 11 is 12.3. The van der Waals surface area contributed by atoms with E-state index in [9.17, 15) is 26.4 Å². The maximum absolute atomic E-state index is 12.9.